The maximum Gasteiger partial charge on any atom is 0.248 e. The Labute approximate surface area is 139 Å². The van der Waals surface area contributed by atoms with Gasteiger partial charge in [-0.25, -0.2) is 0 Å². The van der Waals surface area contributed by atoms with E-state index in [0.717, 1.165) is 11.1 Å². The van der Waals surface area contributed by atoms with Crippen molar-refractivity contribution in [3.63, 3.8) is 0 Å². The van der Waals surface area contributed by atoms with Gasteiger partial charge in [0.15, 0.2) is 0 Å². The van der Waals surface area contributed by atoms with Crippen LogP contribution in [0.2, 0.25) is 10.0 Å². The monoisotopic (exact) mass is 335 g/mol. The van der Waals surface area contributed by atoms with Crippen LogP contribution in [0.1, 0.15) is 12.5 Å². The van der Waals surface area contributed by atoms with Gasteiger partial charge in [-0.2, -0.15) is 0 Å². The summed E-state index contributed by atoms with van der Waals surface area (Å²) in [6, 6.07) is 12.4. The third-order valence-electron chi connectivity index (χ3n) is 3.08. The van der Waals surface area contributed by atoms with Crippen molar-refractivity contribution in [3.8, 4) is 5.75 Å². The molecule has 0 saturated carbocycles. The molecule has 2 aromatic carbocycles. The second-order valence-corrected chi connectivity index (χ2v) is 5.46. The largest absolute Gasteiger partial charge is 0.497 e. The first kappa shape index (κ1) is 16.4. The Balaban J connectivity index is 2.16. The van der Waals surface area contributed by atoms with Crippen molar-refractivity contribution >= 4 is 40.4 Å². The minimum absolute atomic E-state index is 0.274. The first-order valence-electron chi connectivity index (χ1n) is 6.59. The van der Waals surface area contributed by atoms with Gasteiger partial charge in [0.05, 0.1) is 17.8 Å². The summed E-state index contributed by atoms with van der Waals surface area (Å²) < 4.78 is 5.07. The van der Waals surface area contributed by atoms with Crippen molar-refractivity contribution in [1.82, 2.24) is 0 Å². The summed E-state index contributed by atoms with van der Waals surface area (Å²) in [5, 5.41) is 3.75. The van der Waals surface area contributed by atoms with Gasteiger partial charge >= 0.3 is 0 Å². The number of hydrogen-bond donors (Lipinski definition) is 1. The van der Waals surface area contributed by atoms with E-state index in [9.17, 15) is 4.79 Å². The second-order valence-electron chi connectivity index (χ2n) is 4.64. The molecule has 2 aromatic rings. The third-order valence-corrected chi connectivity index (χ3v) is 3.72. The van der Waals surface area contributed by atoms with Gasteiger partial charge < -0.3 is 10.1 Å². The zero-order chi connectivity index (χ0) is 16.1. The molecule has 0 aliphatic heterocycles. The van der Waals surface area contributed by atoms with Crippen molar-refractivity contribution in [2.45, 2.75) is 6.92 Å². The number of rotatable bonds is 4. The second kappa shape index (κ2) is 7.34. The first-order valence-corrected chi connectivity index (χ1v) is 7.34. The highest BCUT2D eigenvalue weighted by Gasteiger charge is 2.07. The normalized spacial score (nSPS) is 11.2. The number of nitrogens with one attached hydrogen (secondary N) is 1. The Kier molecular flexibility index (Phi) is 5.47. The minimum Gasteiger partial charge on any atom is -0.497 e. The Morgan fingerprint density at radius 2 is 1.86 bits per heavy atom. The highest BCUT2D eigenvalue weighted by Crippen LogP contribution is 2.27. The number of anilines is 1. The van der Waals surface area contributed by atoms with Crippen LogP contribution in [0.25, 0.3) is 5.57 Å². The molecule has 0 aliphatic rings. The molecule has 0 spiro atoms. The maximum atomic E-state index is 12.1. The standard InChI is InChI=1S/C17H15Cl2NO2/c1-11(13-5-3-4-6-14(13)18)9-17(21)20-16-8-7-12(22-2)10-15(16)19/h3-10H,1-2H3,(H,20,21). The Morgan fingerprint density at radius 1 is 1.14 bits per heavy atom. The van der Waals surface area contributed by atoms with E-state index in [1.165, 1.54) is 6.08 Å². The number of methoxy groups -OCH3 is 1. The number of ether oxygens (including phenoxy) is 1. The lowest BCUT2D eigenvalue weighted by Gasteiger charge is -2.08. The van der Waals surface area contributed by atoms with Gasteiger partial charge in [-0.1, -0.05) is 41.4 Å². The van der Waals surface area contributed by atoms with Gasteiger partial charge in [0.25, 0.3) is 0 Å². The predicted molar refractivity (Wildman–Crippen MR) is 91.7 cm³/mol. The number of benzene rings is 2. The van der Waals surface area contributed by atoms with Gasteiger partial charge in [0.1, 0.15) is 5.75 Å². The van der Waals surface area contributed by atoms with E-state index in [1.54, 1.807) is 31.4 Å². The van der Waals surface area contributed by atoms with Crippen LogP contribution < -0.4 is 10.1 Å². The number of allylic oxidation sites excluding steroid dienone is 1. The molecule has 0 unspecified atom stereocenters. The predicted octanol–water partition coefficient (Wildman–Crippen LogP) is 5.04. The molecule has 0 aromatic heterocycles. The van der Waals surface area contributed by atoms with Crippen LogP contribution in [0.4, 0.5) is 5.69 Å². The van der Waals surface area contributed by atoms with Crippen molar-refractivity contribution in [2.75, 3.05) is 12.4 Å². The van der Waals surface area contributed by atoms with Crippen molar-refractivity contribution in [2.24, 2.45) is 0 Å². The van der Waals surface area contributed by atoms with Crippen LogP contribution in [-0.2, 0) is 4.79 Å². The Bertz CT molecular complexity index is 726. The molecular formula is C17H15Cl2NO2. The van der Waals surface area contributed by atoms with Crippen LogP contribution in [-0.4, -0.2) is 13.0 Å². The molecule has 2 rings (SSSR count). The van der Waals surface area contributed by atoms with Crippen molar-refractivity contribution < 1.29 is 9.53 Å². The molecule has 0 radical (unpaired) electrons. The van der Waals surface area contributed by atoms with Crippen LogP contribution in [0.3, 0.4) is 0 Å². The highest BCUT2D eigenvalue weighted by atomic mass is 35.5. The zero-order valence-corrected chi connectivity index (χ0v) is 13.7. The maximum absolute atomic E-state index is 12.1. The molecule has 0 bridgehead atoms. The summed E-state index contributed by atoms with van der Waals surface area (Å²) >= 11 is 12.2. The third kappa shape index (κ3) is 4.03. The average Bonchev–Trinajstić information content (AvgIpc) is 2.49. The summed E-state index contributed by atoms with van der Waals surface area (Å²) in [5.41, 5.74) is 2.11. The Hall–Kier alpha value is -1.97. The zero-order valence-electron chi connectivity index (χ0n) is 12.2. The van der Waals surface area contributed by atoms with Crippen LogP contribution in [0.15, 0.2) is 48.5 Å². The summed E-state index contributed by atoms with van der Waals surface area (Å²) in [5.74, 6) is 0.357. The number of carbonyl (C=O) groups excluding carboxylic acids is 1. The van der Waals surface area contributed by atoms with E-state index in [4.69, 9.17) is 27.9 Å². The summed E-state index contributed by atoms with van der Waals surface area (Å²) in [4.78, 5) is 12.1. The SMILES string of the molecule is COc1ccc(NC(=O)C=C(C)c2ccccc2Cl)c(Cl)c1. The van der Waals surface area contributed by atoms with E-state index in [1.807, 2.05) is 25.1 Å². The van der Waals surface area contributed by atoms with E-state index >= 15 is 0 Å². The number of amides is 1. The van der Waals surface area contributed by atoms with Crippen LogP contribution >= 0.6 is 23.2 Å². The summed E-state index contributed by atoms with van der Waals surface area (Å²) in [6.07, 6.45) is 1.49. The molecular weight excluding hydrogens is 321 g/mol. The first-order chi connectivity index (χ1) is 10.5. The van der Waals surface area contributed by atoms with Crippen molar-refractivity contribution in [1.29, 1.82) is 0 Å². The number of halogens is 2. The van der Waals surface area contributed by atoms with E-state index in [2.05, 4.69) is 5.32 Å². The van der Waals surface area contributed by atoms with Gasteiger partial charge in [-0.3, -0.25) is 4.79 Å². The van der Waals surface area contributed by atoms with Gasteiger partial charge in [0.2, 0.25) is 5.91 Å². The lowest BCUT2D eigenvalue weighted by molar-refractivity contribution is -0.111. The minimum atomic E-state index is -0.274. The fourth-order valence-electron chi connectivity index (χ4n) is 1.95. The molecule has 0 saturated heterocycles. The molecule has 5 heteroatoms. The Morgan fingerprint density at radius 3 is 2.50 bits per heavy atom. The van der Waals surface area contributed by atoms with E-state index in [0.29, 0.717) is 21.5 Å². The summed E-state index contributed by atoms with van der Waals surface area (Å²) in [6.45, 7) is 1.83. The van der Waals surface area contributed by atoms with Crippen LogP contribution in [0, 0.1) is 0 Å². The van der Waals surface area contributed by atoms with Gasteiger partial charge in [0, 0.05) is 17.2 Å². The molecule has 0 atom stereocenters. The molecule has 114 valence electrons. The molecule has 0 aliphatic carbocycles. The van der Waals surface area contributed by atoms with Gasteiger partial charge in [-0.05, 0) is 36.3 Å². The molecule has 0 fully saturated rings. The van der Waals surface area contributed by atoms with Gasteiger partial charge in [-0.15, -0.1) is 0 Å². The van der Waals surface area contributed by atoms with E-state index < -0.39 is 0 Å². The number of carbonyl (C=O) groups is 1. The average molecular weight is 336 g/mol. The highest BCUT2D eigenvalue weighted by molar-refractivity contribution is 6.34. The molecule has 0 heterocycles. The smallest absolute Gasteiger partial charge is 0.248 e. The lowest BCUT2D eigenvalue weighted by Crippen LogP contribution is -2.09. The van der Waals surface area contributed by atoms with Crippen molar-refractivity contribution in [3.05, 3.63) is 64.1 Å². The van der Waals surface area contributed by atoms with E-state index in [-0.39, 0.29) is 5.91 Å². The lowest BCUT2D eigenvalue weighted by atomic mass is 10.1. The molecule has 1 N–H and O–H groups in total. The fraction of sp³-hybridized carbons (Fsp3) is 0.118. The topological polar surface area (TPSA) is 38.3 Å². The molecule has 1 amide bonds. The van der Waals surface area contributed by atoms with Crippen LogP contribution in [0.5, 0.6) is 5.75 Å². The summed E-state index contributed by atoms with van der Waals surface area (Å²) in [7, 11) is 1.56. The molecule has 3 nitrogen and oxygen atoms in total. The number of hydrogen-bond acceptors (Lipinski definition) is 2. The molecule has 22 heavy (non-hydrogen) atoms. The quantitative estimate of drug-likeness (QED) is 0.794. The fourth-order valence-corrected chi connectivity index (χ4v) is 2.45.